The molecule has 0 radical (unpaired) electrons. The minimum atomic E-state index is -3.69. The van der Waals surface area contributed by atoms with Crippen LogP contribution in [0, 0.1) is 0 Å². The van der Waals surface area contributed by atoms with Gasteiger partial charge in [0.1, 0.15) is 0 Å². The summed E-state index contributed by atoms with van der Waals surface area (Å²) in [5.74, 6) is 0. The third-order valence-corrected chi connectivity index (χ3v) is 5.26. The second-order valence-electron chi connectivity index (χ2n) is 4.70. The largest absolute Gasteiger partial charge is 0.331 e. The Morgan fingerprint density at radius 1 is 1.29 bits per heavy atom. The molecule has 0 aliphatic carbocycles. The van der Waals surface area contributed by atoms with E-state index in [1.165, 1.54) is 6.21 Å². The zero-order valence-electron chi connectivity index (χ0n) is 11.8. The summed E-state index contributed by atoms with van der Waals surface area (Å²) in [6.45, 7) is 3.35. The van der Waals surface area contributed by atoms with E-state index in [-0.39, 0.29) is 0 Å². The minimum Gasteiger partial charge on any atom is -0.268 e. The summed E-state index contributed by atoms with van der Waals surface area (Å²) in [5, 5.41) is 5.37. The lowest BCUT2D eigenvalue weighted by atomic mass is 10.1. The zero-order valence-corrected chi connectivity index (χ0v) is 13.4. The molecule has 0 spiro atoms. The lowest BCUT2D eigenvalue weighted by molar-refractivity contribution is 0.334. The highest BCUT2D eigenvalue weighted by Gasteiger charge is 2.20. The van der Waals surface area contributed by atoms with Gasteiger partial charge >= 0.3 is 10.1 Å². The molecule has 21 heavy (non-hydrogen) atoms. The Morgan fingerprint density at radius 3 is 2.71 bits per heavy atom. The Bertz CT molecular complexity index is 772. The standard InChI is InChI=1S/C15H16ClNO3S/c1-3-11(2)21(18,19)20-17-10-14-13-7-5-4-6-12(13)8-9-15(14)16/h4-11H,3H2,1-2H3/b17-10-. The Balaban J connectivity index is 2.32. The molecule has 4 nitrogen and oxygen atoms in total. The van der Waals surface area contributed by atoms with E-state index in [2.05, 4.69) is 9.44 Å². The molecular weight excluding hydrogens is 310 g/mol. The molecule has 0 aliphatic rings. The first kappa shape index (κ1) is 15.8. The van der Waals surface area contributed by atoms with Crippen molar-refractivity contribution in [3.05, 3.63) is 47.0 Å². The monoisotopic (exact) mass is 325 g/mol. The summed E-state index contributed by atoms with van der Waals surface area (Å²) in [6, 6.07) is 11.3. The van der Waals surface area contributed by atoms with Crippen molar-refractivity contribution in [1.82, 2.24) is 0 Å². The summed E-state index contributed by atoms with van der Waals surface area (Å²) in [4.78, 5) is 0. The van der Waals surface area contributed by atoms with Gasteiger partial charge in [-0.15, -0.1) is 0 Å². The Morgan fingerprint density at radius 2 is 2.00 bits per heavy atom. The van der Waals surface area contributed by atoms with Crippen LogP contribution in [0.2, 0.25) is 5.02 Å². The van der Waals surface area contributed by atoms with Gasteiger partial charge in [0.25, 0.3) is 0 Å². The molecule has 0 saturated carbocycles. The number of halogens is 1. The molecule has 0 aromatic heterocycles. The van der Waals surface area contributed by atoms with Crippen LogP contribution >= 0.6 is 11.6 Å². The fourth-order valence-corrected chi connectivity index (χ4v) is 2.74. The van der Waals surface area contributed by atoms with Crippen molar-refractivity contribution in [2.45, 2.75) is 25.5 Å². The van der Waals surface area contributed by atoms with Crippen molar-refractivity contribution in [3.63, 3.8) is 0 Å². The zero-order chi connectivity index (χ0) is 15.5. The lowest BCUT2D eigenvalue weighted by Crippen LogP contribution is -2.17. The number of oxime groups is 1. The number of benzene rings is 2. The van der Waals surface area contributed by atoms with Gasteiger partial charge in [0.05, 0.1) is 16.5 Å². The van der Waals surface area contributed by atoms with E-state index in [0.717, 1.165) is 10.8 Å². The molecular formula is C15H16ClNO3S. The predicted molar refractivity (Wildman–Crippen MR) is 86.3 cm³/mol. The van der Waals surface area contributed by atoms with E-state index in [1.807, 2.05) is 30.3 Å². The molecule has 112 valence electrons. The van der Waals surface area contributed by atoms with Gasteiger partial charge in [0.15, 0.2) is 0 Å². The minimum absolute atomic E-state index is 0.465. The summed E-state index contributed by atoms with van der Waals surface area (Å²) >= 11 is 6.15. The first-order chi connectivity index (χ1) is 9.95. The third-order valence-electron chi connectivity index (χ3n) is 3.31. The van der Waals surface area contributed by atoms with E-state index in [1.54, 1.807) is 19.9 Å². The molecule has 0 saturated heterocycles. The SMILES string of the molecule is CCC(C)S(=O)(=O)O/N=C\c1c(Cl)ccc2ccccc12. The summed E-state index contributed by atoms with van der Waals surface area (Å²) < 4.78 is 28.1. The Labute approximate surface area is 129 Å². The lowest BCUT2D eigenvalue weighted by Gasteiger charge is -2.07. The van der Waals surface area contributed by atoms with E-state index in [9.17, 15) is 8.42 Å². The van der Waals surface area contributed by atoms with Crippen LogP contribution in [-0.2, 0) is 14.4 Å². The maximum atomic E-state index is 11.7. The molecule has 0 amide bonds. The molecule has 0 bridgehead atoms. The normalized spacial score (nSPS) is 13.7. The van der Waals surface area contributed by atoms with Crippen LogP contribution in [0.1, 0.15) is 25.8 Å². The first-order valence-corrected chi connectivity index (χ1v) is 8.43. The van der Waals surface area contributed by atoms with E-state index in [0.29, 0.717) is 17.0 Å². The number of rotatable bonds is 5. The topological polar surface area (TPSA) is 55.7 Å². The van der Waals surface area contributed by atoms with Gasteiger partial charge in [-0.3, -0.25) is 4.28 Å². The van der Waals surface area contributed by atoms with Crippen LogP contribution in [0.25, 0.3) is 10.8 Å². The summed E-state index contributed by atoms with van der Waals surface area (Å²) in [5.41, 5.74) is 0.633. The second-order valence-corrected chi connectivity index (χ2v) is 7.05. The molecule has 6 heteroatoms. The van der Waals surface area contributed by atoms with Crippen molar-refractivity contribution >= 4 is 38.7 Å². The van der Waals surface area contributed by atoms with Gasteiger partial charge in [-0.25, -0.2) is 0 Å². The number of fused-ring (bicyclic) bond motifs is 1. The van der Waals surface area contributed by atoms with Gasteiger partial charge in [-0.05, 0) is 30.2 Å². The van der Waals surface area contributed by atoms with Crippen molar-refractivity contribution in [3.8, 4) is 0 Å². The summed E-state index contributed by atoms with van der Waals surface area (Å²) in [7, 11) is -3.69. The fraction of sp³-hybridized carbons (Fsp3) is 0.267. The quantitative estimate of drug-likeness (QED) is 0.617. The summed E-state index contributed by atoms with van der Waals surface area (Å²) in [6.07, 6.45) is 1.80. The average molecular weight is 326 g/mol. The van der Waals surface area contributed by atoms with Crippen molar-refractivity contribution in [2.75, 3.05) is 0 Å². The maximum Gasteiger partial charge on any atom is 0.331 e. The third kappa shape index (κ3) is 3.54. The van der Waals surface area contributed by atoms with Crippen LogP contribution in [0.4, 0.5) is 0 Å². The Hall–Kier alpha value is -1.59. The van der Waals surface area contributed by atoms with Crippen molar-refractivity contribution in [2.24, 2.45) is 5.16 Å². The molecule has 0 fully saturated rings. The molecule has 2 aromatic rings. The van der Waals surface area contributed by atoms with Crippen LogP contribution in [0.15, 0.2) is 41.6 Å². The smallest absolute Gasteiger partial charge is 0.268 e. The maximum absolute atomic E-state index is 11.7. The van der Waals surface area contributed by atoms with Crippen LogP contribution < -0.4 is 0 Å². The molecule has 2 aromatic carbocycles. The van der Waals surface area contributed by atoms with E-state index >= 15 is 0 Å². The molecule has 0 heterocycles. The highest BCUT2D eigenvalue weighted by Crippen LogP contribution is 2.24. The number of hydrogen-bond acceptors (Lipinski definition) is 4. The molecule has 1 unspecified atom stereocenters. The fourth-order valence-electron chi connectivity index (χ4n) is 1.81. The van der Waals surface area contributed by atoms with Crippen LogP contribution in [0.3, 0.4) is 0 Å². The molecule has 2 rings (SSSR count). The highest BCUT2D eigenvalue weighted by molar-refractivity contribution is 7.87. The van der Waals surface area contributed by atoms with Gasteiger partial charge in [-0.2, -0.15) is 8.42 Å². The molecule has 0 aliphatic heterocycles. The van der Waals surface area contributed by atoms with Crippen molar-refractivity contribution in [1.29, 1.82) is 0 Å². The van der Waals surface area contributed by atoms with Crippen LogP contribution in [0.5, 0.6) is 0 Å². The van der Waals surface area contributed by atoms with E-state index in [4.69, 9.17) is 11.6 Å². The van der Waals surface area contributed by atoms with Gasteiger partial charge in [0.2, 0.25) is 0 Å². The van der Waals surface area contributed by atoms with Gasteiger partial charge < -0.3 is 0 Å². The first-order valence-electron chi connectivity index (χ1n) is 6.58. The number of hydrogen-bond donors (Lipinski definition) is 0. The molecule has 1 atom stereocenters. The number of nitrogens with zero attached hydrogens (tertiary/aromatic N) is 1. The second kappa shape index (κ2) is 6.45. The Kier molecular flexibility index (Phi) is 4.85. The molecule has 0 N–H and O–H groups in total. The van der Waals surface area contributed by atoms with Crippen LogP contribution in [-0.4, -0.2) is 19.9 Å². The highest BCUT2D eigenvalue weighted by atomic mass is 35.5. The van der Waals surface area contributed by atoms with E-state index < -0.39 is 15.4 Å². The predicted octanol–water partition coefficient (Wildman–Crippen LogP) is 3.97. The van der Waals surface area contributed by atoms with Crippen molar-refractivity contribution < 1.29 is 12.7 Å². The van der Waals surface area contributed by atoms with Gasteiger partial charge in [0, 0.05) is 5.56 Å². The average Bonchev–Trinajstić information content (AvgIpc) is 2.48. The van der Waals surface area contributed by atoms with Gasteiger partial charge in [-0.1, -0.05) is 54.0 Å².